The maximum absolute atomic E-state index is 11.3. The average molecular weight is 340 g/mol. The Morgan fingerprint density at radius 3 is 2.20 bits per heavy atom. The van der Waals surface area contributed by atoms with E-state index in [1.807, 2.05) is 18.3 Å². The number of carbonyl (C=O) groups excluding carboxylic acids is 1. The minimum Gasteiger partial charge on any atom is -0.357 e. The first-order valence-electron chi connectivity index (χ1n) is 8.52. The van der Waals surface area contributed by atoms with Gasteiger partial charge in [-0.05, 0) is 48.4 Å². The van der Waals surface area contributed by atoms with Crippen molar-refractivity contribution in [2.45, 2.75) is 39.5 Å². The zero-order valence-electron chi connectivity index (χ0n) is 13.9. The van der Waals surface area contributed by atoms with E-state index in [4.69, 9.17) is 5.84 Å². The fraction of sp³-hybridized carbons (Fsp3) is 0.400. The van der Waals surface area contributed by atoms with Gasteiger partial charge in [0.15, 0.2) is 0 Å². The number of pyridine rings is 1. The Balaban J connectivity index is 0.00000225. The van der Waals surface area contributed by atoms with Crippen LogP contribution in [0.15, 0.2) is 42.6 Å². The summed E-state index contributed by atoms with van der Waals surface area (Å²) in [7, 11) is 0. The van der Waals surface area contributed by atoms with Gasteiger partial charge in [0.05, 0.1) is 6.42 Å². The smallest absolute Gasteiger partial charge is 0.238 e. The van der Waals surface area contributed by atoms with Crippen LogP contribution in [0.2, 0.25) is 0 Å². The molecule has 1 aromatic heterocycles. The third kappa shape index (κ3) is 5.29. The van der Waals surface area contributed by atoms with Gasteiger partial charge in [0.2, 0.25) is 5.91 Å². The molecule has 5 heteroatoms. The monoisotopic (exact) mass is 340 g/mol. The number of hydrogen-bond donors (Lipinski definition) is 2. The highest BCUT2D eigenvalue weighted by Gasteiger charge is 2.12. The van der Waals surface area contributed by atoms with E-state index in [9.17, 15) is 4.79 Å². The molecule has 1 saturated heterocycles. The molecule has 5 nitrogen and oxygen atoms in total. The van der Waals surface area contributed by atoms with Crippen LogP contribution >= 0.6 is 0 Å². The number of nitrogens with zero attached hydrogens (tertiary/aromatic N) is 2. The molecule has 1 amide bonds. The molecule has 2 heterocycles. The predicted octanol–water partition coefficient (Wildman–Crippen LogP) is 2.64. The molecule has 0 unspecified atom stereocenters. The third-order valence-corrected chi connectivity index (χ3v) is 4.49. The van der Waals surface area contributed by atoms with Crippen molar-refractivity contribution in [1.29, 1.82) is 0 Å². The van der Waals surface area contributed by atoms with Crippen LogP contribution in [0.5, 0.6) is 0 Å². The Morgan fingerprint density at radius 1 is 1.00 bits per heavy atom. The van der Waals surface area contributed by atoms with E-state index in [2.05, 4.69) is 39.6 Å². The third-order valence-electron chi connectivity index (χ3n) is 4.49. The van der Waals surface area contributed by atoms with Crippen molar-refractivity contribution in [1.82, 2.24) is 10.4 Å². The zero-order chi connectivity index (χ0) is 16.8. The Labute approximate surface area is 150 Å². The molecule has 1 aliphatic heterocycles. The Bertz CT molecular complexity index is 661. The van der Waals surface area contributed by atoms with Crippen LogP contribution in [0.3, 0.4) is 0 Å². The van der Waals surface area contributed by atoms with Gasteiger partial charge in [0, 0.05) is 19.3 Å². The van der Waals surface area contributed by atoms with E-state index in [0.717, 1.165) is 37.3 Å². The molecule has 0 aliphatic carbocycles. The summed E-state index contributed by atoms with van der Waals surface area (Å²) in [4.78, 5) is 18.2. The van der Waals surface area contributed by atoms with E-state index < -0.39 is 0 Å². The van der Waals surface area contributed by atoms with Crippen molar-refractivity contribution < 1.29 is 4.79 Å². The van der Waals surface area contributed by atoms with Gasteiger partial charge >= 0.3 is 0 Å². The number of nitrogens with one attached hydrogen (secondary N) is 1. The molecule has 1 fully saturated rings. The van der Waals surface area contributed by atoms with Gasteiger partial charge < -0.3 is 4.90 Å². The molecule has 0 saturated carbocycles. The lowest BCUT2D eigenvalue weighted by atomic mass is 10.0. The number of amides is 1. The highest BCUT2D eigenvalue weighted by atomic mass is 16.2. The first kappa shape index (κ1) is 18.9. The van der Waals surface area contributed by atoms with Crippen molar-refractivity contribution in [2.24, 2.45) is 5.84 Å². The summed E-state index contributed by atoms with van der Waals surface area (Å²) in [6.45, 7) is 2.25. The second-order valence-electron chi connectivity index (χ2n) is 6.28. The lowest BCUT2D eigenvalue weighted by Crippen LogP contribution is -2.31. The zero-order valence-corrected chi connectivity index (χ0v) is 13.9. The van der Waals surface area contributed by atoms with Crippen LogP contribution in [0.4, 0.5) is 5.82 Å². The van der Waals surface area contributed by atoms with Crippen molar-refractivity contribution >= 4 is 11.7 Å². The van der Waals surface area contributed by atoms with E-state index >= 15 is 0 Å². The Hall–Kier alpha value is -2.40. The minimum absolute atomic E-state index is 0. The van der Waals surface area contributed by atoms with Crippen LogP contribution in [-0.2, 0) is 24.1 Å². The van der Waals surface area contributed by atoms with Crippen LogP contribution in [0.1, 0.15) is 37.0 Å². The SMILES string of the molecule is C.NNC(=O)Cc1ccc(CCc2ccc(N3CCCC3)nc2)cc1. The summed E-state index contributed by atoms with van der Waals surface area (Å²) >= 11 is 0. The molecular formula is C20H28N4O. The predicted molar refractivity (Wildman–Crippen MR) is 102 cm³/mol. The summed E-state index contributed by atoms with van der Waals surface area (Å²) in [6, 6.07) is 12.4. The molecule has 0 atom stereocenters. The Morgan fingerprint density at radius 2 is 1.60 bits per heavy atom. The summed E-state index contributed by atoms with van der Waals surface area (Å²) in [5.74, 6) is 6.03. The highest BCUT2D eigenvalue weighted by molar-refractivity contribution is 5.77. The highest BCUT2D eigenvalue weighted by Crippen LogP contribution is 2.18. The summed E-state index contributed by atoms with van der Waals surface area (Å²) < 4.78 is 0. The number of anilines is 1. The molecular weight excluding hydrogens is 312 g/mol. The quantitative estimate of drug-likeness (QED) is 0.482. The molecule has 2 aromatic rings. The lowest BCUT2D eigenvalue weighted by molar-refractivity contribution is -0.120. The van der Waals surface area contributed by atoms with Gasteiger partial charge in [-0.3, -0.25) is 10.2 Å². The number of aromatic nitrogens is 1. The number of aryl methyl sites for hydroxylation is 2. The van der Waals surface area contributed by atoms with E-state index in [0.29, 0.717) is 6.42 Å². The number of carbonyl (C=O) groups is 1. The molecule has 0 spiro atoms. The molecule has 1 aliphatic rings. The van der Waals surface area contributed by atoms with E-state index in [1.54, 1.807) is 0 Å². The van der Waals surface area contributed by atoms with Crippen molar-refractivity contribution in [2.75, 3.05) is 18.0 Å². The fourth-order valence-corrected chi connectivity index (χ4v) is 3.05. The average Bonchev–Trinajstić information content (AvgIpc) is 3.16. The summed E-state index contributed by atoms with van der Waals surface area (Å²) in [5.41, 5.74) is 5.63. The summed E-state index contributed by atoms with van der Waals surface area (Å²) in [6.07, 6.45) is 6.79. The fourth-order valence-electron chi connectivity index (χ4n) is 3.05. The molecule has 0 bridgehead atoms. The number of rotatable bonds is 6. The van der Waals surface area contributed by atoms with Crippen molar-refractivity contribution in [3.63, 3.8) is 0 Å². The second-order valence-corrected chi connectivity index (χ2v) is 6.28. The van der Waals surface area contributed by atoms with Crippen LogP contribution in [0, 0.1) is 0 Å². The van der Waals surface area contributed by atoms with Crippen LogP contribution in [0.25, 0.3) is 0 Å². The second kappa shape index (κ2) is 9.18. The normalized spacial score (nSPS) is 13.4. The standard InChI is InChI=1S/C19H24N4O.CH4/c20-22-19(24)13-16-6-3-15(4-7-16)5-8-17-9-10-18(21-14-17)23-11-1-2-12-23;/h3-4,6-7,9-10,14H,1-2,5,8,11-13,20H2,(H,22,24);1H4. The topological polar surface area (TPSA) is 71.2 Å². The van der Waals surface area contributed by atoms with Crippen molar-refractivity contribution in [3.05, 3.63) is 59.3 Å². The van der Waals surface area contributed by atoms with E-state index in [1.165, 1.54) is 24.0 Å². The molecule has 3 rings (SSSR count). The van der Waals surface area contributed by atoms with Gasteiger partial charge in [-0.15, -0.1) is 0 Å². The first-order valence-corrected chi connectivity index (χ1v) is 8.52. The molecule has 134 valence electrons. The van der Waals surface area contributed by atoms with E-state index in [-0.39, 0.29) is 13.3 Å². The van der Waals surface area contributed by atoms with Gasteiger partial charge in [0.25, 0.3) is 0 Å². The number of benzene rings is 1. The van der Waals surface area contributed by atoms with Crippen LogP contribution < -0.4 is 16.2 Å². The lowest BCUT2D eigenvalue weighted by Gasteiger charge is -2.16. The van der Waals surface area contributed by atoms with Gasteiger partial charge in [-0.2, -0.15) is 0 Å². The number of nitrogens with two attached hydrogens (primary N) is 1. The van der Waals surface area contributed by atoms with Gasteiger partial charge in [0.1, 0.15) is 5.82 Å². The maximum Gasteiger partial charge on any atom is 0.238 e. The Kier molecular flexibility index (Phi) is 6.95. The number of hydrazine groups is 1. The minimum atomic E-state index is -0.174. The van der Waals surface area contributed by atoms with Gasteiger partial charge in [-0.1, -0.05) is 37.8 Å². The van der Waals surface area contributed by atoms with Gasteiger partial charge in [-0.25, -0.2) is 10.8 Å². The van der Waals surface area contributed by atoms with Crippen molar-refractivity contribution in [3.8, 4) is 0 Å². The molecule has 3 N–H and O–H groups in total. The maximum atomic E-state index is 11.3. The molecule has 1 aromatic carbocycles. The molecule has 0 radical (unpaired) electrons. The summed E-state index contributed by atoms with van der Waals surface area (Å²) in [5, 5.41) is 0. The molecule has 25 heavy (non-hydrogen) atoms. The first-order chi connectivity index (χ1) is 11.7. The number of hydrogen-bond acceptors (Lipinski definition) is 4. The largest absolute Gasteiger partial charge is 0.357 e. The van der Waals surface area contributed by atoms with Crippen LogP contribution in [-0.4, -0.2) is 24.0 Å².